The summed E-state index contributed by atoms with van der Waals surface area (Å²) in [6, 6.07) is 7.85. The summed E-state index contributed by atoms with van der Waals surface area (Å²) in [4.78, 5) is 0. The molecule has 1 heterocycles. The molecule has 5 heteroatoms. The zero-order valence-electron chi connectivity index (χ0n) is 11.8. The molecular weight excluding hydrogens is 293 g/mol. The number of hydrogen-bond acceptors (Lipinski definition) is 2. The normalized spacial score (nSPS) is 11.0. The first-order valence-corrected chi connectivity index (χ1v) is 7.60. The Labute approximate surface area is 129 Å². The molecule has 0 amide bonds. The van der Waals surface area contributed by atoms with Gasteiger partial charge in [0, 0.05) is 24.7 Å². The highest BCUT2D eigenvalue weighted by molar-refractivity contribution is 6.32. The number of hydrogen-bond donors (Lipinski definition) is 1. The van der Waals surface area contributed by atoms with Crippen LogP contribution in [0.15, 0.2) is 24.3 Å². The zero-order valence-corrected chi connectivity index (χ0v) is 13.3. The summed E-state index contributed by atoms with van der Waals surface area (Å²) < 4.78 is 1.96. The molecule has 1 aromatic carbocycles. The number of nitrogens with zero attached hydrogens (tertiary/aromatic N) is 2. The maximum atomic E-state index is 6.37. The Kier molecular flexibility index (Phi) is 5.46. The van der Waals surface area contributed by atoms with E-state index in [-0.39, 0.29) is 0 Å². The second kappa shape index (κ2) is 7.11. The molecule has 0 bridgehead atoms. The van der Waals surface area contributed by atoms with Crippen molar-refractivity contribution in [3.05, 3.63) is 51.3 Å². The molecule has 0 radical (unpaired) electrons. The molecule has 108 valence electrons. The average Bonchev–Trinajstić information content (AvgIpc) is 2.75. The number of rotatable bonds is 6. The standard InChI is InChI=1S/C15H19Cl2N3/c1-3-13-15(17)14(20(4-2)19-13)10-18-9-11-6-5-7-12(16)8-11/h5-8,18H,3-4,9-10H2,1-2H3. The molecular formula is C15H19Cl2N3. The molecule has 0 aliphatic rings. The number of aryl methyl sites for hydroxylation is 2. The molecule has 0 fully saturated rings. The molecule has 0 aliphatic heterocycles. The van der Waals surface area contributed by atoms with E-state index in [1.807, 2.05) is 22.9 Å². The largest absolute Gasteiger partial charge is 0.307 e. The summed E-state index contributed by atoms with van der Waals surface area (Å²) in [6.45, 7) is 6.42. The first-order chi connectivity index (χ1) is 9.65. The van der Waals surface area contributed by atoms with Crippen molar-refractivity contribution in [2.75, 3.05) is 0 Å². The topological polar surface area (TPSA) is 29.9 Å². The van der Waals surface area contributed by atoms with Crippen molar-refractivity contribution >= 4 is 23.2 Å². The fourth-order valence-corrected chi connectivity index (χ4v) is 2.71. The summed E-state index contributed by atoms with van der Waals surface area (Å²) in [5, 5.41) is 9.45. The molecule has 0 saturated carbocycles. The minimum absolute atomic E-state index is 0.701. The minimum atomic E-state index is 0.701. The van der Waals surface area contributed by atoms with Crippen LogP contribution >= 0.6 is 23.2 Å². The van der Waals surface area contributed by atoms with Crippen LogP contribution in [0.5, 0.6) is 0 Å². The van der Waals surface area contributed by atoms with Gasteiger partial charge in [0.25, 0.3) is 0 Å². The fraction of sp³-hybridized carbons (Fsp3) is 0.400. The van der Waals surface area contributed by atoms with Crippen LogP contribution in [0.25, 0.3) is 0 Å². The maximum absolute atomic E-state index is 6.37. The Morgan fingerprint density at radius 2 is 2.00 bits per heavy atom. The van der Waals surface area contributed by atoms with Crippen LogP contribution in [0.1, 0.15) is 30.8 Å². The first kappa shape index (κ1) is 15.4. The van der Waals surface area contributed by atoms with Gasteiger partial charge in [0.15, 0.2) is 0 Å². The van der Waals surface area contributed by atoms with Crippen LogP contribution < -0.4 is 5.32 Å². The van der Waals surface area contributed by atoms with Crippen molar-refractivity contribution in [2.45, 2.75) is 39.9 Å². The highest BCUT2D eigenvalue weighted by Gasteiger charge is 2.13. The Hall–Kier alpha value is -1.03. The molecule has 3 nitrogen and oxygen atoms in total. The van der Waals surface area contributed by atoms with Crippen molar-refractivity contribution < 1.29 is 0 Å². The summed E-state index contributed by atoms with van der Waals surface area (Å²) in [7, 11) is 0. The highest BCUT2D eigenvalue weighted by atomic mass is 35.5. The number of halogens is 2. The molecule has 0 atom stereocenters. The lowest BCUT2D eigenvalue weighted by atomic mass is 10.2. The van der Waals surface area contributed by atoms with Crippen molar-refractivity contribution in [1.82, 2.24) is 15.1 Å². The quantitative estimate of drug-likeness (QED) is 0.871. The van der Waals surface area contributed by atoms with Crippen molar-refractivity contribution in [2.24, 2.45) is 0 Å². The summed E-state index contributed by atoms with van der Waals surface area (Å²) >= 11 is 12.3. The Bertz CT molecular complexity index is 578. The van der Waals surface area contributed by atoms with Gasteiger partial charge in [0.05, 0.1) is 16.4 Å². The van der Waals surface area contributed by atoms with Gasteiger partial charge in [-0.15, -0.1) is 0 Å². The van der Waals surface area contributed by atoms with Crippen LogP contribution in [-0.4, -0.2) is 9.78 Å². The van der Waals surface area contributed by atoms with E-state index in [1.54, 1.807) is 0 Å². The van der Waals surface area contributed by atoms with Gasteiger partial charge in [-0.2, -0.15) is 5.10 Å². The summed E-state index contributed by atoms with van der Waals surface area (Å²) in [6.07, 6.45) is 0.854. The fourth-order valence-electron chi connectivity index (χ4n) is 2.16. The van der Waals surface area contributed by atoms with Gasteiger partial charge in [0.2, 0.25) is 0 Å². The summed E-state index contributed by atoms with van der Waals surface area (Å²) in [5.74, 6) is 0. The molecule has 0 unspecified atom stereocenters. The Morgan fingerprint density at radius 3 is 2.65 bits per heavy atom. The van der Waals surface area contributed by atoms with Crippen LogP contribution in [0.4, 0.5) is 0 Å². The predicted octanol–water partition coefficient (Wildman–Crippen LogP) is 4.06. The molecule has 1 N–H and O–H groups in total. The SMILES string of the molecule is CCc1nn(CC)c(CNCc2cccc(Cl)c2)c1Cl. The predicted molar refractivity (Wildman–Crippen MR) is 84.3 cm³/mol. The van der Waals surface area contributed by atoms with Crippen molar-refractivity contribution in [3.63, 3.8) is 0 Å². The zero-order chi connectivity index (χ0) is 14.5. The van der Waals surface area contributed by atoms with Crippen molar-refractivity contribution in [3.8, 4) is 0 Å². The average molecular weight is 312 g/mol. The van der Waals surface area contributed by atoms with E-state index in [4.69, 9.17) is 23.2 Å². The molecule has 0 aliphatic carbocycles. The van der Waals surface area contributed by atoms with Gasteiger partial charge >= 0.3 is 0 Å². The second-order valence-corrected chi connectivity index (χ2v) is 5.42. The molecule has 0 saturated heterocycles. The number of nitrogens with one attached hydrogen (secondary N) is 1. The lowest BCUT2D eigenvalue weighted by Crippen LogP contribution is -2.16. The van der Waals surface area contributed by atoms with E-state index in [9.17, 15) is 0 Å². The van der Waals surface area contributed by atoms with E-state index in [0.29, 0.717) is 6.54 Å². The third-order valence-electron chi connectivity index (χ3n) is 3.20. The Morgan fingerprint density at radius 1 is 1.20 bits per heavy atom. The van der Waals surface area contributed by atoms with Crippen LogP contribution in [0.2, 0.25) is 10.0 Å². The van der Waals surface area contributed by atoms with E-state index in [2.05, 4.69) is 30.3 Å². The lowest BCUT2D eigenvalue weighted by molar-refractivity contribution is 0.577. The molecule has 2 aromatic rings. The first-order valence-electron chi connectivity index (χ1n) is 6.84. The van der Waals surface area contributed by atoms with Gasteiger partial charge in [0.1, 0.15) is 0 Å². The van der Waals surface area contributed by atoms with E-state index >= 15 is 0 Å². The maximum Gasteiger partial charge on any atom is 0.0863 e. The van der Waals surface area contributed by atoms with Gasteiger partial charge in [-0.25, -0.2) is 0 Å². The number of aromatic nitrogens is 2. The molecule has 1 aromatic heterocycles. The van der Waals surface area contributed by atoms with Crippen LogP contribution in [-0.2, 0) is 26.1 Å². The van der Waals surface area contributed by atoms with Gasteiger partial charge in [-0.05, 0) is 31.0 Å². The molecule has 20 heavy (non-hydrogen) atoms. The molecule has 2 rings (SSSR count). The Balaban J connectivity index is 2.02. The summed E-state index contributed by atoms with van der Waals surface area (Å²) in [5.41, 5.74) is 3.17. The molecule has 0 spiro atoms. The van der Waals surface area contributed by atoms with Crippen LogP contribution in [0, 0.1) is 0 Å². The third-order valence-corrected chi connectivity index (χ3v) is 3.88. The van der Waals surface area contributed by atoms with Crippen LogP contribution in [0.3, 0.4) is 0 Å². The third kappa shape index (κ3) is 3.54. The van der Waals surface area contributed by atoms with Gasteiger partial charge in [-0.3, -0.25) is 4.68 Å². The smallest absolute Gasteiger partial charge is 0.0863 e. The number of benzene rings is 1. The van der Waals surface area contributed by atoms with E-state index in [0.717, 1.165) is 46.5 Å². The van der Waals surface area contributed by atoms with Gasteiger partial charge in [-0.1, -0.05) is 42.3 Å². The van der Waals surface area contributed by atoms with E-state index < -0.39 is 0 Å². The second-order valence-electron chi connectivity index (χ2n) is 4.61. The van der Waals surface area contributed by atoms with Gasteiger partial charge < -0.3 is 5.32 Å². The minimum Gasteiger partial charge on any atom is -0.307 e. The van der Waals surface area contributed by atoms with Crippen molar-refractivity contribution in [1.29, 1.82) is 0 Å². The monoisotopic (exact) mass is 311 g/mol. The lowest BCUT2D eigenvalue weighted by Gasteiger charge is -2.08. The van der Waals surface area contributed by atoms with E-state index in [1.165, 1.54) is 0 Å². The highest BCUT2D eigenvalue weighted by Crippen LogP contribution is 2.21.